The highest BCUT2D eigenvalue weighted by molar-refractivity contribution is 5.67. The molecule has 0 aliphatic rings. The summed E-state index contributed by atoms with van der Waals surface area (Å²) in [4.78, 5) is 11.1. The van der Waals surface area contributed by atoms with E-state index in [0.29, 0.717) is 0 Å². The summed E-state index contributed by atoms with van der Waals surface area (Å²) in [5, 5.41) is 1.42. The summed E-state index contributed by atoms with van der Waals surface area (Å²) in [5.74, 6) is 1.91. The molecule has 0 unspecified atom stereocenters. The van der Waals surface area contributed by atoms with E-state index in [2.05, 4.69) is 4.74 Å². The molecule has 3 heteroatoms. The number of ether oxygens (including phenoxy) is 1. The molecule has 0 aromatic rings. The fraction of sp³-hybridized carbons (Fsp3) is 0.625. The predicted octanol–water partition coefficient (Wildman–Crippen LogP) is 1.15. The average Bonchev–Trinajstić information content (AvgIpc) is 2.23. The highest BCUT2D eigenvalue weighted by atomic mass is 16.5. The first-order valence-electron chi connectivity index (χ1n) is 7.09. The molecule has 0 aliphatic heterocycles. The Balaban J connectivity index is 5.27. The number of carbonyl (C=O) groups is 1. The van der Waals surface area contributed by atoms with Crippen LogP contribution in [0.5, 0.6) is 0 Å². The summed E-state index contributed by atoms with van der Waals surface area (Å²) in [6, 6.07) is 0. The zero-order valence-electron chi connectivity index (χ0n) is 14.6. The van der Waals surface area contributed by atoms with Gasteiger partial charge in [0.25, 0.3) is 0 Å². The number of amides is 1. The van der Waals surface area contributed by atoms with Gasteiger partial charge in [0.1, 0.15) is 0 Å². The number of hydrogen-bond acceptors (Lipinski definition) is 2. The maximum absolute atomic E-state index is 11.1. The first-order chi connectivity index (χ1) is 8.70. The minimum absolute atomic E-state index is 0.503. The fourth-order valence-electron chi connectivity index (χ4n) is 0.257. The molecule has 0 saturated carbocycles. The summed E-state index contributed by atoms with van der Waals surface area (Å²) < 4.78 is 69.2. The minimum Gasteiger partial charge on any atom is -0.436 e. The van der Waals surface area contributed by atoms with E-state index in [9.17, 15) is 4.79 Å². The van der Waals surface area contributed by atoms with Crippen molar-refractivity contribution in [3.63, 3.8) is 0 Å². The van der Waals surface area contributed by atoms with Gasteiger partial charge in [0.2, 0.25) is 0 Å². The molecule has 62 valence electrons. The molecule has 0 atom stereocenters. The van der Waals surface area contributed by atoms with Crippen LogP contribution >= 0.6 is 0 Å². The molecule has 0 aromatic carbocycles. The highest BCUT2D eigenvalue weighted by Crippen LogP contribution is 1.83. The van der Waals surface area contributed by atoms with Crippen molar-refractivity contribution >= 4 is 6.09 Å². The summed E-state index contributed by atoms with van der Waals surface area (Å²) in [5.41, 5.74) is 0. The standard InChI is InChI=1S/C8H13NO2/c1-3-5-6-9-8(10)11-7-4-2/h2H,3,5-7H2,1H3,(H,9,10)/i1D3,3D2,5D2,6D2. The summed E-state index contributed by atoms with van der Waals surface area (Å²) in [6.07, 6.45) is -3.74. The lowest BCUT2D eigenvalue weighted by molar-refractivity contribution is 0.160. The van der Waals surface area contributed by atoms with Crippen molar-refractivity contribution in [2.45, 2.75) is 19.6 Å². The minimum atomic E-state index is -3.56. The Morgan fingerprint density at radius 3 is 3.45 bits per heavy atom. The van der Waals surface area contributed by atoms with E-state index >= 15 is 0 Å². The molecular weight excluding hydrogens is 142 g/mol. The highest BCUT2D eigenvalue weighted by Gasteiger charge is 1.96. The van der Waals surface area contributed by atoms with Gasteiger partial charge in [0, 0.05) is 18.8 Å². The second-order valence-electron chi connectivity index (χ2n) is 1.28. The molecule has 0 rings (SSSR count). The third-order valence-electron chi connectivity index (χ3n) is 0.576. The fourth-order valence-corrected chi connectivity index (χ4v) is 0.257. The maximum Gasteiger partial charge on any atom is 0.408 e. The zero-order valence-corrected chi connectivity index (χ0v) is 5.60. The number of terminal acetylenes is 1. The molecule has 0 bridgehead atoms. The van der Waals surface area contributed by atoms with Crippen molar-refractivity contribution in [3.8, 4) is 12.3 Å². The number of alkyl carbamates (subject to hydrolysis) is 1. The lowest BCUT2D eigenvalue weighted by Gasteiger charge is -2.02. The lowest BCUT2D eigenvalue weighted by Crippen LogP contribution is -2.25. The van der Waals surface area contributed by atoms with Crippen LogP contribution in [-0.4, -0.2) is 19.2 Å². The van der Waals surface area contributed by atoms with E-state index in [4.69, 9.17) is 18.8 Å². The van der Waals surface area contributed by atoms with E-state index in [1.54, 1.807) is 0 Å². The summed E-state index contributed by atoms with van der Waals surface area (Å²) in [6.45, 7) is -7.28. The number of hydrogen-bond donors (Lipinski definition) is 1. The van der Waals surface area contributed by atoms with Crippen LogP contribution in [0.2, 0.25) is 0 Å². The molecule has 1 amide bonds. The van der Waals surface area contributed by atoms with Crippen molar-refractivity contribution < 1.29 is 21.9 Å². The second-order valence-corrected chi connectivity index (χ2v) is 1.28. The van der Waals surface area contributed by atoms with Gasteiger partial charge in [-0.25, -0.2) is 4.79 Å². The first kappa shape index (κ1) is 2.41. The van der Waals surface area contributed by atoms with Gasteiger partial charge in [0.05, 0.1) is 0 Å². The summed E-state index contributed by atoms with van der Waals surface area (Å²) >= 11 is 0. The number of rotatable bonds is 4. The molecule has 0 radical (unpaired) electrons. The van der Waals surface area contributed by atoms with E-state index < -0.39 is 38.8 Å². The Morgan fingerprint density at radius 1 is 2.00 bits per heavy atom. The SMILES string of the molecule is [2H]C([2H])([2H])C([2H])([2H])C([2H])([2H])C([2H])([2H])NC(=O)OCC#C. The van der Waals surface area contributed by atoms with Gasteiger partial charge in [-0.1, -0.05) is 19.1 Å². The Labute approximate surface area is 79.8 Å². The molecule has 0 fully saturated rings. The van der Waals surface area contributed by atoms with Crippen molar-refractivity contribution in [3.05, 3.63) is 0 Å². The van der Waals surface area contributed by atoms with Crippen LogP contribution < -0.4 is 5.32 Å². The quantitative estimate of drug-likeness (QED) is 0.633. The van der Waals surface area contributed by atoms with Gasteiger partial charge in [-0.2, -0.15) is 0 Å². The van der Waals surface area contributed by atoms with Crippen LogP contribution in [0.3, 0.4) is 0 Å². The largest absolute Gasteiger partial charge is 0.436 e. The normalized spacial score (nSPS) is 25.5. The lowest BCUT2D eigenvalue weighted by atomic mass is 10.3. The van der Waals surface area contributed by atoms with E-state index in [1.165, 1.54) is 5.32 Å². The second kappa shape index (κ2) is 6.94. The van der Waals surface area contributed by atoms with Crippen molar-refractivity contribution in [2.24, 2.45) is 0 Å². The van der Waals surface area contributed by atoms with Crippen molar-refractivity contribution in [1.82, 2.24) is 5.32 Å². The zero-order chi connectivity index (χ0) is 16.4. The van der Waals surface area contributed by atoms with Crippen LogP contribution in [0, 0.1) is 12.3 Å². The molecule has 0 spiro atoms. The third kappa shape index (κ3) is 6.72. The van der Waals surface area contributed by atoms with Gasteiger partial charge < -0.3 is 10.1 Å². The van der Waals surface area contributed by atoms with Crippen LogP contribution in [-0.2, 0) is 4.74 Å². The van der Waals surface area contributed by atoms with Crippen LogP contribution in [0.1, 0.15) is 31.9 Å². The van der Waals surface area contributed by atoms with Crippen molar-refractivity contribution in [2.75, 3.05) is 13.1 Å². The molecule has 3 nitrogen and oxygen atoms in total. The van der Waals surface area contributed by atoms with E-state index in [1.807, 2.05) is 5.92 Å². The molecule has 0 aromatic heterocycles. The van der Waals surface area contributed by atoms with Gasteiger partial charge in [-0.15, -0.1) is 6.42 Å². The Morgan fingerprint density at radius 2 is 2.82 bits per heavy atom. The first-order valence-corrected chi connectivity index (χ1v) is 2.59. The Kier molecular flexibility index (Phi) is 1.52. The molecular formula is C8H13NO2. The smallest absolute Gasteiger partial charge is 0.408 e. The van der Waals surface area contributed by atoms with E-state index in [0.717, 1.165) is 0 Å². The van der Waals surface area contributed by atoms with Gasteiger partial charge >= 0.3 is 6.09 Å². The average molecular weight is 164 g/mol. The third-order valence-corrected chi connectivity index (χ3v) is 0.576. The van der Waals surface area contributed by atoms with Gasteiger partial charge in [-0.05, 0) is 6.37 Å². The van der Waals surface area contributed by atoms with E-state index in [-0.39, 0.29) is 0 Å². The Hall–Kier alpha value is -1.17. The van der Waals surface area contributed by atoms with Gasteiger partial charge in [0.15, 0.2) is 6.61 Å². The molecule has 0 heterocycles. The number of nitrogens with one attached hydrogen (secondary N) is 1. The summed E-state index contributed by atoms with van der Waals surface area (Å²) in [7, 11) is 0. The molecule has 1 N–H and O–H groups in total. The van der Waals surface area contributed by atoms with Crippen molar-refractivity contribution in [1.29, 1.82) is 0 Å². The van der Waals surface area contributed by atoms with Gasteiger partial charge in [-0.3, -0.25) is 0 Å². The molecule has 11 heavy (non-hydrogen) atoms. The van der Waals surface area contributed by atoms with Crippen LogP contribution in [0.15, 0.2) is 0 Å². The maximum atomic E-state index is 11.1. The topological polar surface area (TPSA) is 38.3 Å². The number of carbonyl (C=O) groups excluding carboxylic acids is 1. The Bertz CT molecular complexity index is 409. The molecule has 0 aliphatic carbocycles. The van der Waals surface area contributed by atoms with Crippen LogP contribution in [0.4, 0.5) is 4.79 Å². The van der Waals surface area contributed by atoms with Crippen LogP contribution in [0.25, 0.3) is 0 Å². The predicted molar refractivity (Wildman–Crippen MR) is 43.1 cm³/mol. The monoisotopic (exact) mass is 164 g/mol. The molecule has 0 saturated heterocycles.